The van der Waals surface area contributed by atoms with Crippen molar-refractivity contribution in [2.45, 2.75) is 45.0 Å². The number of hydrazone groups is 1. The number of hydrogen-bond donors (Lipinski definition) is 2. The van der Waals surface area contributed by atoms with E-state index in [2.05, 4.69) is 10.4 Å². The van der Waals surface area contributed by atoms with Crippen LogP contribution in [0.5, 0.6) is 5.75 Å². The minimum Gasteiger partial charge on any atom is -0.495 e. The third-order valence-electron chi connectivity index (χ3n) is 4.25. The molecule has 1 aliphatic heterocycles. The lowest BCUT2D eigenvalue weighted by Gasteiger charge is -2.32. The van der Waals surface area contributed by atoms with Crippen molar-refractivity contribution in [2.75, 3.05) is 12.4 Å². The Morgan fingerprint density at radius 2 is 2.00 bits per heavy atom. The number of nitrogens with zero attached hydrogens (tertiary/aromatic N) is 2. The molecule has 2 rings (SSSR count). The molecule has 0 saturated heterocycles. The second-order valence-corrected chi connectivity index (χ2v) is 6.86. The SMILES string of the molecule is COc1ccccc1NC(=O)C(=O)N1N=C(CCC(C)C)C[C@]1(O)C(F)(F)F. The van der Waals surface area contributed by atoms with Gasteiger partial charge in [0.25, 0.3) is 5.72 Å². The molecule has 0 aliphatic carbocycles. The van der Waals surface area contributed by atoms with Crippen LogP contribution in [0.1, 0.15) is 33.1 Å². The maximum atomic E-state index is 13.5. The van der Waals surface area contributed by atoms with Crippen molar-refractivity contribution in [2.24, 2.45) is 11.0 Å². The van der Waals surface area contributed by atoms with E-state index < -0.39 is 30.1 Å². The number of anilines is 1. The highest BCUT2D eigenvalue weighted by atomic mass is 19.4. The number of ether oxygens (including phenoxy) is 1. The van der Waals surface area contributed by atoms with Crippen LogP contribution in [0.15, 0.2) is 29.4 Å². The fourth-order valence-electron chi connectivity index (χ4n) is 2.67. The van der Waals surface area contributed by atoms with Crippen molar-refractivity contribution in [1.29, 1.82) is 0 Å². The number of rotatable bonds is 5. The maximum Gasteiger partial charge on any atom is 0.438 e. The van der Waals surface area contributed by atoms with Gasteiger partial charge in [0.05, 0.1) is 12.8 Å². The van der Waals surface area contributed by atoms with Crippen LogP contribution in [0, 0.1) is 5.92 Å². The Balaban J connectivity index is 2.26. The van der Waals surface area contributed by atoms with Crippen LogP contribution in [0.25, 0.3) is 0 Å². The zero-order valence-corrected chi connectivity index (χ0v) is 15.7. The van der Waals surface area contributed by atoms with Gasteiger partial charge in [-0.05, 0) is 30.9 Å². The summed E-state index contributed by atoms with van der Waals surface area (Å²) < 4.78 is 45.4. The largest absolute Gasteiger partial charge is 0.495 e. The monoisotopic (exact) mass is 401 g/mol. The third-order valence-corrected chi connectivity index (χ3v) is 4.25. The van der Waals surface area contributed by atoms with E-state index in [0.717, 1.165) is 0 Å². The minimum absolute atomic E-state index is 0.00645. The number of aliphatic hydroxyl groups is 1. The molecule has 10 heteroatoms. The predicted octanol–water partition coefficient (Wildman–Crippen LogP) is 2.91. The molecule has 0 unspecified atom stereocenters. The van der Waals surface area contributed by atoms with E-state index in [0.29, 0.717) is 6.42 Å². The first kappa shape index (κ1) is 21.7. The van der Waals surface area contributed by atoms with Crippen molar-refractivity contribution >= 4 is 23.2 Å². The fourth-order valence-corrected chi connectivity index (χ4v) is 2.67. The number of alkyl halides is 3. The molecule has 2 N–H and O–H groups in total. The molecule has 154 valence electrons. The lowest BCUT2D eigenvalue weighted by atomic mass is 9.99. The van der Waals surface area contributed by atoms with Crippen LogP contribution in [-0.2, 0) is 9.59 Å². The van der Waals surface area contributed by atoms with Gasteiger partial charge in [0.1, 0.15) is 5.75 Å². The van der Waals surface area contributed by atoms with Gasteiger partial charge in [-0.15, -0.1) is 0 Å². The van der Waals surface area contributed by atoms with Crippen molar-refractivity contribution in [1.82, 2.24) is 5.01 Å². The number of halogens is 3. The molecule has 0 bridgehead atoms. The van der Waals surface area contributed by atoms with Gasteiger partial charge in [-0.3, -0.25) is 9.59 Å². The molecule has 0 saturated carbocycles. The number of para-hydroxylation sites is 2. The van der Waals surface area contributed by atoms with Crippen molar-refractivity contribution < 1.29 is 32.6 Å². The second kappa shape index (κ2) is 8.17. The van der Waals surface area contributed by atoms with Crippen molar-refractivity contribution in [3.8, 4) is 5.75 Å². The summed E-state index contributed by atoms with van der Waals surface area (Å²) in [6.07, 6.45) is -5.37. The van der Waals surface area contributed by atoms with Gasteiger partial charge in [-0.25, -0.2) is 0 Å². The summed E-state index contributed by atoms with van der Waals surface area (Å²) in [6, 6.07) is 6.09. The van der Waals surface area contributed by atoms with E-state index in [1.54, 1.807) is 12.1 Å². The standard InChI is InChI=1S/C18H22F3N3O4/c1-11(2)8-9-12-10-17(27,18(19,20)21)24(23-12)16(26)15(25)22-13-6-4-5-7-14(13)28-3/h4-7,11,27H,8-10H2,1-3H3,(H,22,25)/t17-/m0/s1. The van der Waals surface area contributed by atoms with Crippen LogP contribution in [0.3, 0.4) is 0 Å². The average Bonchev–Trinajstić information content (AvgIpc) is 2.97. The molecule has 0 spiro atoms. The third kappa shape index (κ3) is 4.44. The molecule has 7 nitrogen and oxygen atoms in total. The molecule has 1 aliphatic rings. The summed E-state index contributed by atoms with van der Waals surface area (Å²) in [5.41, 5.74) is -3.46. The van der Waals surface area contributed by atoms with E-state index in [1.165, 1.54) is 19.2 Å². The van der Waals surface area contributed by atoms with E-state index in [4.69, 9.17) is 4.74 Å². The van der Waals surface area contributed by atoms with Gasteiger partial charge in [0.15, 0.2) is 0 Å². The van der Waals surface area contributed by atoms with Gasteiger partial charge in [0.2, 0.25) is 0 Å². The Hall–Kier alpha value is -2.62. The fraction of sp³-hybridized carbons (Fsp3) is 0.500. The smallest absolute Gasteiger partial charge is 0.438 e. The van der Waals surface area contributed by atoms with Crippen molar-refractivity contribution in [3.05, 3.63) is 24.3 Å². The molecule has 0 radical (unpaired) electrons. The first-order valence-electron chi connectivity index (χ1n) is 8.63. The Morgan fingerprint density at radius 1 is 1.36 bits per heavy atom. The van der Waals surface area contributed by atoms with E-state index in [-0.39, 0.29) is 34.5 Å². The Kier molecular flexibility index (Phi) is 6.33. The molecule has 0 aromatic heterocycles. The van der Waals surface area contributed by atoms with Gasteiger partial charge < -0.3 is 15.2 Å². The van der Waals surface area contributed by atoms with Crippen LogP contribution < -0.4 is 10.1 Å². The Labute approximate surface area is 160 Å². The van der Waals surface area contributed by atoms with E-state index in [9.17, 15) is 27.9 Å². The Morgan fingerprint density at radius 3 is 2.57 bits per heavy atom. The highest BCUT2D eigenvalue weighted by molar-refractivity contribution is 6.40. The lowest BCUT2D eigenvalue weighted by Crippen LogP contribution is -2.58. The van der Waals surface area contributed by atoms with Crippen LogP contribution in [0.2, 0.25) is 0 Å². The van der Waals surface area contributed by atoms with Crippen LogP contribution >= 0.6 is 0 Å². The summed E-state index contributed by atoms with van der Waals surface area (Å²) in [5.74, 6) is -2.58. The summed E-state index contributed by atoms with van der Waals surface area (Å²) in [7, 11) is 1.33. The zero-order valence-electron chi connectivity index (χ0n) is 15.7. The number of methoxy groups -OCH3 is 1. The lowest BCUT2D eigenvalue weighted by molar-refractivity contribution is -0.301. The highest BCUT2D eigenvalue weighted by Crippen LogP contribution is 2.41. The molecule has 28 heavy (non-hydrogen) atoms. The topological polar surface area (TPSA) is 91.2 Å². The van der Waals surface area contributed by atoms with Gasteiger partial charge >= 0.3 is 18.0 Å². The first-order valence-corrected chi connectivity index (χ1v) is 8.63. The van der Waals surface area contributed by atoms with Crippen LogP contribution in [0.4, 0.5) is 18.9 Å². The number of benzene rings is 1. The predicted molar refractivity (Wildman–Crippen MR) is 95.6 cm³/mol. The first-order chi connectivity index (χ1) is 13.0. The van der Waals surface area contributed by atoms with Crippen LogP contribution in [-0.4, -0.2) is 46.7 Å². The number of nitrogens with one attached hydrogen (secondary N) is 1. The van der Waals surface area contributed by atoms with Crippen molar-refractivity contribution in [3.63, 3.8) is 0 Å². The highest BCUT2D eigenvalue weighted by Gasteiger charge is 2.63. The molecule has 1 atom stereocenters. The maximum absolute atomic E-state index is 13.5. The normalized spacial score (nSPS) is 19.6. The molecule has 2 amide bonds. The number of carbonyl (C=O) groups excluding carboxylic acids is 2. The summed E-state index contributed by atoms with van der Waals surface area (Å²) >= 11 is 0. The van der Waals surface area contributed by atoms with Gasteiger partial charge in [-0.2, -0.15) is 23.3 Å². The number of hydrogen-bond acceptors (Lipinski definition) is 5. The molecule has 1 heterocycles. The number of amides is 2. The summed E-state index contributed by atoms with van der Waals surface area (Å²) in [4.78, 5) is 24.7. The van der Waals surface area contributed by atoms with Gasteiger partial charge in [-0.1, -0.05) is 26.0 Å². The zero-order chi connectivity index (χ0) is 21.1. The molecular weight excluding hydrogens is 379 g/mol. The molecule has 1 aromatic carbocycles. The Bertz CT molecular complexity index is 780. The second-order valence-electron chi connectivity index (χ2n) is 6.86. The minimum atomic E-state index is -5.18. The molecule has 0 fully saturated rings. The molecular formula is C18H22F3N3O4. The number of carbonyl (C=O) groups is 2. The summed E-state index contributed by atoms with van der Waals surface area (Å²) in [5, 5.41) is 15.8. The summed E-state index contributed by atoms with van der Waals surface area (Å²) in [6.45, 7) is 3.77. The van der Waals surface area contributed by atoms with E-state index in [1.807, 2.05) is 13.8 Å². The van der Waals surface area contributed by atoms with Gasteiger partial charge in [0, 0.05) is 12.1 Å². The molecule has 1 aromatic rings. The van der Waals surface area contributed by atoms with E-state index >= 15 is 0 Å². The average molecular weight is 401 g/mol. The quantitative estimate of drug-likeness (QED) is 0.743.